The molecule has 0 bridgehead atoms. The molecule has 0 aliphatic carbocycles. The molecule has 6 nitrogen and oxygen atoms in total. The van der Waals surface area contributed by atoms with E-state index in [4.69, 9.17) is 4.74 Å². The van der Waals surface area contributed by atoms with Gasteiger partial charge in [0, 0.05) is 30.2 Å². The third kappa shape index (κ3) is 4.75. The Morgan fingerprint density at radius 2 is 1.76 bits per heavy atom. The molecule has 1 heterocycles. The van der Waals surface area contributed by atoms with Crippen molar-refractivity contribution in [1.29, 1.82) is 5.26 Å². The second-order valence-electron chi connectivity index (χ2n) is 6.58. The zero-order valence-corrected chi connectivity index (χ0v) is 17.7. The Kier molecular flexibility index (Phi) is 7.38. The molecule has 0 unspecified atom stereocenters. The van der Waals surface area contributed by atoms with Gasteiger partial charge in [-0.2, -0.15) is 5.26 Å². The molecule has 0 spiro atoms. The van der Waals surface area contributed by atoms with Crippen LogP contribution in [0.15, 0.2) is 35.9 Å². The van der Waals surface area contributed by atoms with Crippen LogP contribution >= 0.6 is 0 Å². The Bertz CT molecular complexity index is 958. The Labute approximate surface area is 172 Å². The molecule has 6 heteroatoms. The summed E-state index contributed by atoms with van der Waals surface area (Å²) in [5, 5.41) is 9.49. The zero-order chi connectivity index (χ0) is 21.6. The maximum absolute atomic E-state index is 12.6. The van der Waals surface area contributed by atoms with E-state index in [0.717, 1.165) is 22.6 Å². The van der Waals surface area contributed by atoms with Gasteiger partial charge in [0.1, 0.15) is 11.6 Å². The molecule has 152 valence electrons. The SMILES string of the molecule is CCOC(=O)c1ccc(-n2c(C)cc(/C=C(/C#N)C(=O)N(CC)CC)c2C)cc1. The molecular weight excluding hydrogens is 366 g/mol. The van der Waals surface area contributed by atoms with Crippen molar-refractivity contribution in [3.63, 3.8) is 0 Å². The van der Waals surface area contributed by atoms with Crippen LogP contribution in [0.3, 0.4) is 0 Å². The Hall–Kier alpha value is -3.33. The molecule has 29 heavy (non-hydrogen) atoms. The second kappa shape index (κ2) is 9.74. The minimum absolute atomic E-state index is 0.117. The number of rotatable bonds is 7. The number of carbonyl (C=O) groups excluding carboxylic acids is 2. The van der Waals surface area contributed by atoms with Gasteiger partial charge in [-0.05, 0) is 76.6 Å². The number of carbonyl (C=O) groups is 2. The van der Waals surface area contributed by atoms with Crippen LogP contribution in [0.1, 0.15) is 48.1 Å². The fraction of sp³-hybridized carbons (Fsp3) is 0.348. The number of aromatic nitrogens is 1. The number of aryl methyl sites for hydroxylation is 1. The molecule has 1 aromatic heterocycles. The summed E-state index contributed by atoms with van der Waals surface area (Å²) in [5.41, 5.74) is 4.19. The lowest BCUT2D eigenvalue weighted by molar-refractivity contribution is -0.126. The molecular formula is C23H27N3O3. The topological polar surface area (TPSA) is 75.3 Å². The van der Waals surface area contributed by atoms with Crippen LogP contribution in [0.5, 0.6) is 0 Å². The monoisotopic (exact) mass is 393 g/mol. The van der Waals surface area contributed by atoms with Gasteiger partial charge in [-0.1, -0.05) is 0 Å². The summed E-state index contributed by atoms with van der Waals surface area (Å²) in [4.78, 5) is 26.0. The first-order valence-electron chi connectivity index (χ1n) is 9.75. The van der Waals surface area contributed by atoms with Crippen LogP contribution in [0.4, 0.5) is 0 Å². The summed E-state index contributed by atoms with van der Waals surface area (Å²) in [6.45, 7) is 10.9. The predicted molar refractivity (Wildman–Crippen MR) is 113 cm³/mol. The van der Waals surface area contributed by atoms with Gasteiger partial charge in [-0.3, -0.25) is 4.79 Å². The number of ether oxygens (including phenoxy) is 1. The summed E-state index contributed by atoms with van der Waals surface area (Å²) in [5.74, 6) is -0.613. The van der Waals surface area contributed by atoms with E-state index >= 15 is 0 Å². The predicted octanol–water partition coefficient (Wildman–Crippen LogP) is 4.05. The minimum atomic E-state index is -0.350. The molecule has 0 radical (unpaired) electrons. The van der Waals surface area contributed by atoms with Gasteiger partial charge < -0.3 is 14.2 Å². The number of amides is 1. The Morgan fingerprint density at radius 3 is 2.28 bits per heavy atom. The van der Waals surface area contributed by atoms with Crippen LogP contribution in [-0.4, -0.2) is 41.0 Å². The lowest BCUT2D eigenvalue weighted by atomic mass is 10.1. The second-order valence-corrected chi connectivity index (χ2v) is 6.58. The van der Waals surface area contributed by atoms with E-state index < -0.39 is 0 Å². The normalized spacial score (nSPS) is 11.1. The van der Waals surface area contributed by atoms with Crippen molar-refractivity contribution >= 4 is 18.0 Å². The highest BCUT2D eigenvalue weighted by Crippen LogP contribution is 2.23. The van der Waals surface area contributed by atoms with E-state index in [1.807, 2.05) is 56.5 Å². The van der Waals surface area contributed by atoms with Gasteiger partial charge in [-0.15, -0.1) is 0 Å². The van der Waals surface area contributed by atoms with Gasteiger partial charge >= 0.3 is 5.97 Å². The first-order valence-corrected chi connectivity index (χ1v) is 9.75. The first-order chi connectivity index (χ1) is 13.9. The standard InChI is InChI=1S/C23H27N3O3/c1-6-25(7-2)22(27)20(15-24)14-19-13-16(4)26(17(19)5)21-11-9-18(10-12-21)23(28)29-8-3/h9-14H,6-8H2,1-5H3/b20-14-. The maximum Gasteiger partial charge on any atom is 0.338 e. The molecule has 2 rings (SSSR count). The van der Waals surface area contributed by atoms with Gasteiger partial charge in [0.2, 0.25) is 0 Å². The average molecular weight is 393 g/mol. The van der Waals surface area contributed by atoms with E-state index in [0.29, 0.717) is 25.3 Å². The Balaban J connectivity index is 2.41. The van der Waals surface area contributed by atoms with Crippen molar-refractivity contribution in [2.75, 3.05) is 19.7 Å². The van der Waals surface area contributed by atoms with E-state index in [1.54, 1.807) is 30.0 Å². The summed E-state index contributed by atoms with van der Waals surface area (Å²) in [7, 11) is 0. The van der Waals surface area contributed by atoms with Crippen LogP contribution in [-0.2, 0) is 9.53 Å². The first kappa shape index (κ1) is 22.0. The minimum Gasteiger partial charge on any atom is -0.462 e. The third-order valence-electron chi connectivity index (χ3n) is 4.81. The fourth-order valence-corrected chi connectivity index (χ4v) is 3.27. The number of hydrogen-bond donors (Lipinski definition) is 0. The van der Waals surface area contributed by atoms with Crippen molar-refractivity contribution in [3.05, 3.63) is 58.4 Å². The maximum atomic E-state index is 12.6. The number of hydrogen-bond acceptors (Lipinski definition) is 4. The number of nitriles is 1. The highest BCUT2D eigenvalue weighted by molar-refractivity contribution is 6.01. The third-order valence-corrected chi connectivity index (χ3v) is 4.81. The molecule has 0 saturated carbocycles. The lowest BCUT2D eigenvalue weighted by Crippen LogP contribution is -2.31. The molecule has 0 fully saturated rings. The van der Waals surface area contributed by atoms with Gasteiger partial charge in [0.05, 0.1) is 12.2 Å². The molecule has 0 N–H and O–H groups in total. The van der Waals surface area contributed by atoms with Gasteiger partial charge in [0.15, 0.2) is 0 Å². The summed E-state index contributed by atoms with van der Waals surface area (Å²) in [6.07, 6.45) is 1.65. The molecule has 1 aromatic carbocycles. The number of nitrogens with zero attached hydrogens (tertiary/aromatic N) is 3. The summed E-state index contributed by atoms with van der Waals surface area (Å²) >= 11 is 0. The summed E-state index contributed by atoms with van der Waals surface area (Å²) in [6, 6.07) is 11.1. The van der Waals surface area contributed by atoms with E-state index in [9.17, 15) is 14.9 Å². The van der Waals surface area contributed by atoms with Crippen molar-refractivity contribution in [3.8, 4) is 11.8 Å². The quantitative estimate of drug-likeness (QED) is 0.404. The van der Waals surface area contributed by atoms with Crippen molar-refractivity contribution in [2.45, 2.75) is 34.6 Å². The molecule has 0 aliphatic heterocycles. The molecule has 0 aliphatic rings. The fourth-order valence-electron chi connectivity index (χ4n) is 3.27. The molecule has 0 atom stereocenters. The van der Waals surface area contributed by atoms with Crippen LogP contribution in [0, 0.1) is 25.2 Å². The number of esters is 1. The smallest absolute Gasteiger partial charge is 0.338 e. The highest BCUT2D eigenvalue weighted by Gasteiger charge is 2.17. The number of benzene rings is 1. The van der Waals surface area contributed by atoms with Crippen LogP contribution in [0.25, 0.3) is 11.8 Å². The molecule has 2 aromatic rings. The highest BCUT2D eigenvalue weighted by atomic mass is 16.5. The van der Waals surface area contributed by atoms with Crippen LogP contribution < -0.4 is 0 Å². The van der Waals surface area contributed by atoms with E-state index in [2.05, 4.69) is 0 Å². The number of likely N-dealkylation sites (N-methyl/N-ethyl adjacent to an activating group) is 1. The Morgan fingerprint density at radius 1 is 1.14 bits per heavy atom. The largest absolute Gasteiger partial charge is 0.462 e. The van der Waals surface area contributed by atoms with Gasteiger partial charge in [0.25, 0.3) is 5.91 Å². The van der Waals surface area contributed by atoms with Gasteiger partial charge in [-0.25, -0.2) is 4.79 Å². The lowest BCUT2D eigenvalue weighted by Gasteiger charge is -2.17. The molecule has 1 amide bonds. The van der Waals surface area contributed by atoms with Crippen molar-refractivity contribution in [2.24, 2.45) is 0 Å². The zero-order valence-electron chi connectivity index (χ0n) is 17.7. The summed E-state index contributed by atoms with van der Waals surface area (Å²) < 4.78 is 7.05. The molecule has 0 saturated heterocycles. The van der Waals surface area contributed by atoms with Crippen LogP contribution in [0.2, 0.25) is 0 Å². The average Bonchev–Trinajstić information content (AvgIpc) is 3.00. The van der Waals surface area contributed by atoms with E-state index in [1.165, 1.54) is 0 Å². The van der Waals surface area contributed by atoms with E-state index in [-0.39, 0.29) is 17.4 Å². The van der Waals surface area contributed by atoms with Crippen molar-refractivity contribution in [1.82, 2.24) is 9.47 Å². The van der Waals surface area contributed by atoms with Crippen molar-refractivity contribution < 1.29 is 14.3 Å².